The van der Waals surface area contributed by atoms with Crippen LogP contribution in [0.4, 0.5) is 0 Å². The van der Waals surface area contributed by atoms with Crippen LogP contribution in [0.5, 0.6) is 0 Å². The lowest BCUT2D eigenvalue weighted by Gasteiger charge is -2.36. The average Bonchev–Trinajstić information content (AvgIpc) is 2.90. The molecule has 0 spiro atoms. The Bertz CT molecular complexity index is 877. The number of thioether (sulfide) groups is 1. The highest BCUT2D eigenvalue weighted by Crippen LogP contribution is 2.48. The van der Waals surface area contributed by atoms with Gasteiger partial charge in [0.15, 0.2) is 0 Å². The lowest BCUT2D eigenvalue weighted by Crippen LogP contribution is -2.37. The zero-order chi connectivity index (χ0) is 24.1. The van der Waals surface area contributed by atoms with Crippen LogP contribution in [0.3, 0.4) is 0 Å². The van der Waals surface area contributed by atoms with E-state index in [1.54, 1.807) is 0 Å². The number of hydrogen-bond acceptors (Lipinski definition) is 4. The maximum Gasteiger partial charge on any atom is 0.229 e. The fourth-order valence-corrected chi connectivity index (χ4v) is 6.05. The molecule has 3 nitrogen and oxygen atoms in total. The first kappa shape index (κ1) is 26.9. The summed E-state index contributed by atoms with van der Waals surface area (Å²) in [7, 11) is 0. The van der Waals surface area contributed by atoms with Crippen LogP contribution in [0, 0.1) is 0 Å². The number of carbonyl (C=O) groups is 1. The molecule has 3 aromatic rings. The highest BCUT2D eigenvalue weighted by molar-refractivity contribution is 9.09. The Kier molecular flexibility index (Phi) is 11.6. The first-order valence-electron chi connectivity index (χ1n) is 11.7. The van der Waals surface area contributed by atoms with Crippen molar-refractivity contribution in [2.45, 2.75) is 11.2 Å². The van der Waals surface area contributed by atoms with Crippen molar-refractivity contribution in [2.24, 2.45) is 0 Å². The molecule has 0 bridgehead atoms. The molecule has 0 unspecified atom stereocenters. The number of thiol groups is 1. The second kappa shape index (κ2) is 14.6. The van der Waals surface area contributed by atoms with E-state index >= 15 is 0 Å². The van der Waals surface area contributed by atoms with Crippen molar-refractivity contribution in [3.63, 3.8) is 0 Å². The van der Waals surface area contributed by atoms with Crippen molar-refractivity contribution in [2.75, 3.05) is 43.0 Å². The zero-order valence-corrected chi connectivity index (χ0v) is 22.7. The summed E-state index contributed by atoms with van der Waals surface area (Å²) < 4.78 is -0.300. The summed E-state index contributed by atoms with van der Waals surface area (Å²) >= 11 is 9.60. The van der Waals surface area contributed by atoms with Gasteiger partial charge in [-0.15, -0.1) is 11.8 Å². The predicted octanol–water partition coefficient (Wildman–Crippen LogP) is 5.84. The third-order valence-corrected chi connectivity index (χ3v) is 8.14. The SMILES string of the molecule is O=C(CS)NCCN(CCCBr)CCSC(c1ccccc1)(c1ccccc1)c1ccccc1. The van der Waals surface area contributed by atoms with Crippen molar-refractivity contribution in [3.8, 4) is 0 Å². The van der Waals surface area contributed by atoms with Crippen LogP contribution in [0.15, 0.2) is 91.0 Å². The molecule has 0 aliphatic heterocycles. The Morgan fingerprint density at radius 3 is 1.76 bits per heavy atom. The van der Waals surface area contributed by atoms with Gasteiger partial charge in [-0.1, -0.05) is 107 Å². The minimum atomic E-state index is -0.300. The summed E-state index contributed by atoms with van der Waals surface area (Å²) in [5, 5.41) is 3.92. The molecular weight excluding hydrogens is 524 g/mol. The molecule has 180 valence electrons. The Hall–Kier alpha value is -1.73. The number of alkyl halides is 1. The van der Waals surface area contributed by atoms with Crippen molar-refractivity contribution >= 4 is 46.2 Å². The minimum absolute atomic E-state index is 0.0191. The number of nitrogens with zero attached hydrogens (tertiary/aromatic N) is 1. The third-order valence-electron chi connectivity index (χ3n) is 5.77. The van der Waals surface area contributed by atoms with E-state index in [1.165, 1.54) is 16.7 Å². The van der Waals surface area contributed by atoms with Crippen molar-refractivity contribution in [1.29, 1.82) is 0 Å². The summed E-state index contributed by atoms with van der Waals surface area (Å²) in [5.74, 6) is 1.17. The molecule has 0 fully saturated rings. The highest BCUT2D eigenvalue weighted by atomic mass is 79.9. The van der Waals surface area contributed by atoms with Crippen LogP contribution < -0.4 is 5.32 Å². The molecule has 0 saturated carbocycles. The summed E-state index contributed by atoms with van der Waals surface area (Å²) in [4.78, 5) is 14.0. The van der Waals surface area contributed by atoms with E-state index in [1.807, 2.05) is 11.8 Å². The van der Waals surface area contributed by atoms with Gasteiger partial charge in [0, 0.05) is 30.7 Å². The molecule has 3 aromatic carbocycles. The van der Waals surface area contributed by atoms with Gasteiger partial charge in [0.1, 0.15) is 0 Å². The molecule has 3 rings (SSSR count). The van der Waals surface area contributed by atoms with E-state index in [-0.39, 0.29) is 16.4 Å². The van der Waals surface area contributed by atoms with Gasteiger partial charge in [-0.25, -0.2) is 0 Å². The number of amides is 1. The third kappa shape index (κ3) is 7.38. The average molecular weight is 558 g/mol. The Morgan fingerprint density at radius 2 is 1.32 bits per heavy atom. The van der Waals surface area contributed by atoms with Gasteiger partial charge < -0.3 is 10.2 Å². The van der Waals surface area contributed by atoms with Crippen LogP contribution in [0.1, 0.15) is 23.1 Å². The van der Waals surface area contributed by atoms with Crippen LogP contribution in [-0.4, -0.2) is 53.8 Å². The Balaban J connectivity index is 1.86. The summed E-state index contributed by atoms with van der Waals surface area (Å²) in [6.45, 7) is 3.43. The second-order valence-corrected chi connectivity index (χ2v) is 10.4. The predicted molar refractivity (Wildman–Crippen MR) is 153 cm³/mol. The van der Waals surface area contributed by atoms with Gasteiger partial charge in [-0.3, -0.25) is 4.79 Å². The van der Waals surface area contributed by atoms with Gasteiger partial charge in [0.05, 0.1) is 10.5 Å². The molecule has 0 saturated heterocycles. The van der Waals surface area contributed by atoms with Gasteiger partial charge in [0.25, 0.3) is 0 Å². The molecule has 0 heterocycles. The van der Waals surface area contributed by atoms with E-state index < -0.39 is 0 Å². The fourth-order valence-electron chi connectivity index (χ4n) is 4.12. The van der Waals surface area contributed by atoms with E-state index in [9.17, 15) is 4.79 Å². The molecule has 0 atom stereocenters. The Labute approximate surface area is 222 Å². The summed E-state index contributed by atoms with van der Waals surface area (Å²) in [6, 6.07) is 32.4. The molecule has 1 N–H and O–H groups in total. The molecule has 0 aliphatic rings. The number of benzene rings is 3. The molecule has 1 amide bonds. The van der Waals surface area contributed by atoms with Gasteiger partial charge in [0.2, 0.25) is 5.91 Å². The van der Waals surface area contributed by atoms with Crippen molar-refractivity contribution < 1.29 is 4.79 Å². The molecule has 0 aliphatic carbocycles. The molecular formula is C28H33BrN2OS2. The first-order chi connectivity index (χ1) is 16.7. The van der Waals surface area contributed by atoms with Crippen LogP contribution in [0.25, 0.3) is 0 Å². The maximum absolute atomic E-state index is 11.6. The van der Waals surface area contributed by atoms with Crippen LogP contribution in [0.2, 0.25) is 0 Å². The van der Waals surface area contributed by atoms with Crippen molar-refractivity contribution in [3.05, 3.63) is 108 Å². The van der Waals surface area contributed by atoms with Crippen molar-refractivity contribution in [1.82, 2.24) is 10.2 Å². The minimum Gasteiger partial charge on any atom is -0.354 e. The lowest BCUT2D eigenvalue weighted by atomic mass is 9.84. The standard InChI is InChI=1S/C28H33BrN2OS2/c29-17-10-19-31(20-18-30-27(32)23-33)21-22-34-28(24-11-4-1-5-12-24,25-13-6-2-7-14-25)26-15-8-3-9-16-26/h1-9,11-16,33H,10,17-23H2,(H,30,32). The summed E-state index contributed by atoms with van der Waals surface area (Å²) in [5.41, 5.74) is 3.85. The fraction of sp³-hybridized carbons (Fsp3) is 0.321. The number of hydrogen-bond donors (Lipinski definition) is 2. The number of nitrogens with one attached hydrogen (secondary N) is 1. The topological polar surface area (TPSA) is 32.3 Å². The normalized spacial score (nSPS) is 11.5. The van der Waals surface area contributed by atoms with Crippen LogP contribution >= 0.6 is 40.3 Å². The quantitative estimate of drug-likeness (QED) is 0.148. The van der Waals surface area contributed by atoms with E-state index in [0.29, 0.717) is 6.54 Å². The first-order valence-corrected chi connectivity index (χ1v) is 14.4. The molecule has 34 heavy (non-hydrogen) atoms. The second-order valence-electron chi connectivity index (χ2n) is 8.02. The largest absolute Gasteiger partial charge is 0.354 e. The number of rotatable bonds is 14. The zero-order valence-electron chi connectivity index (χ0n) is 19.4. The highest BCUT2D eigenvalue weighted by Gasteiger charge is 2.36. The molecule has 6 heteroatoms. The van der Waals surface area contributed by atoms with Gasteiger partial charge >= 0.3 is 0 Å². The maximum atomic E-state index is 11.6. The Morgan fingerprint density at radius 1 is 0.824 bits per heavy atom. The number of carbonyl (C=O) groups excluding carboxylic acids is 1. The smallest absolute Gasteiger partial charge is 0.229 e. The van der Waals surface area contributed by atoms with E-state index in [0.717, 1.165) is 37.1 Å². The molecule has 0 radical (unpaired) electrons. The van der Waals surface area contributed by atoms with Gasteiger partial charge in [-0.2, -0.15) is 12.6 Å². The van der Waals surface area contributed by atoms with Gasteiger partial charge in [-0.05, 0) is 29.7 Å². The monoisotopic (exact) mass is 556 g/mol. The summed E-state index contributed by atoms with van der Waals surface area (Å²) in [6.07, 6.45) is 1.08. The van der Waals surface area contributed by atoms with E-state index in [4.69, 9.17) is 0 Å². The number of halogens is 1. The lowest BCUT2D eigenvalue weighted by molar-refractivity contribution is -0.118. The van der Waals surface area contributed by atoms with Crippen LogP contribution in [-0.2, 0) is 9.54 Å². The van der Waals surface area contributed by atoms with E-state index in [2.05, 4.69) is 130 Å². The molecule has 0 aromatic heterocycles.